The molecule has 22 heavy (non-hydrogen) atoms. The van der Waals surface area contributed by atoms with Gasteiger partial charge in [0.05, 0.1) is 0 Å². The van der Waals surface area contributed by atoms with Crippen molar-refractivity contribution in [3.63, 3.8) is 0 Å². The van der Waals surface area contributed by atoms with Crippen molar-refractivity contribution < 1.29 is 19.7 Å². The van der Waals surface area contributed by atoms with Crippen LogP contribution in [0.25, 0.3) is 0 Å². The number of phenolic OH excluding ortho intramolecular Hbond substituents is 2. The number of carbonyl (C=O) groups is 1. The quantitative estimate of drug-likeness (QED) is 0.539. The second kappa shape index (κ2) is 8.19. The van der Waals surface area contributed by atoms with E-state index in [1.807, 2.05) is 12.1 Å². The second-order valence-corrected chi connectivity index (χ2v) is 5.64. The molecule has 0 aliphatic carbocycles. The molecule has 0 radical (unpaired) electrons. The van der Waals surface area contributed by atoms with Crippen LogP contribution < -0.4 is 10.1 Å². The minimum atomic E-state index is -0.195. The highest BCUT2D eigenvalue weighted by Gasteiger charge is 2.02. The van der Waals surface area contributed by atoms with Gasteiger partial charge in [-0.25, -0.2) is 0 Å². The van der Waals surface area contributed by atoms with Crippen LogP contribution >= 0.6 is 11.8 Å². The number of ether oxygens (including phenoxy) is 1. The lowest BCUT2D eigenvalue weighted by Gasteiger charge is -2.07. The Morgan fingerprint density at radius 3 is 2.23 bits per heavy atom. The number of rotatable bonds is 7. The monoisotopic (exact) mass is 319 g/mol. The number of aromatic hydroxyl groups is 2. The van der Waals surface area contributed by atoms with Crippen LogP contribution in [0.3, 0.4) is 0 Å². The van der Waals surface area contributed by atoms with Crippen LogP contribution in [0.2, 0.25) is 0 Å². The Morgan fingerprint density at radius 1 is 1.00 bits per heavy atom. The van der Waals surface area contributed by atoms with Gasteiger partial charge in [0, 0.05) is 17.2 Å². The van der Waals surface area contributed by atoms with Crippen LogP contribution in [0.5, 0.6) is 17.2 Å². The van der Waals surface area contributed by atoms with Crippen LogP contribution in [0, 0.1) is 0 Å². The molecule has 0 saturated heterocycles. The first-order chi connectivity index (χ1) is 10.6. The largest absolute Gasteiger partial charge is 0.508 e. The third-order valence-electron chi connectivity index (χ3n) is 2.74. The maximum atomic E-state index is 11.6. The first kappa shape index (κ1) is 16.0. The summed E-state index contributed by atoms with van der Waals surface area (Å²) in [7, 11) is 0. The lowest BCUT2D eigenvalue weighted by atomic mass is 10.3. The van der Waals surface area contributed by atoms with Crippen LogP contribution in [0.1, 0.15) is 0 Å². The Morgan fingerprint density at radius 2 is 1.59 bits per heavy atom. The fraction of sp³-hybridized carbons (Fsp3) is 0.188. The highest BCUT2D eigenvalue weighted by atomic mass is 32.2. The van der Waals surface area contributed by atoms with E-state index in [9.17, 15) is 9.90 Å². The van der Waals surface area contributed by atoms with Crippen molar-refractivity contribution in [1.29, 1.82) is 0 Å². The average Bonchev–Trinajstić information content (AvgIpc) is 2.53. The van der Waals surface area contributed by atoms with Crippen molar-refractivity contribution in [2.75, 3.05) is 18.9 Å². The number of hydrogen-bond acceptors (Lipinski definition) is 5. The van der Waals surface area contributed by atoms with Crippen LogP contribution in [0.15, 0.2) is 53.4 Å². The SMILES string of the molecule is O=C(COc1ccc(O)cc1)NCCSc1ccc(O)cc1. The Balaban J connectivity index is 1.61. The molecule has 0 aromatic heterocycles. The Hall–Kier alpha value is -2.34. The first-order valence-electron chi connectivity index (χ1n) is 6.74. The number of amides is 1. The van der Waals surface area contributed by atoms with Crippen molar-refractivity contribution in [2.45, 2.75) is 4.90 Å². The molecular formula is C16H17NO4S. The third-order valence-corrected chi connectivity index (χ3v) is 3.75. The van der Waals surface area contributed by atoms with Gasteiger partial charge in [-0.3, -0.25) is 4.79 Å². The smallest absolute Gasteiger partial charge is 0.257 e. The summed E-state index contributed by atoms with van der Waals surface area (Å²) in [6, 6.07) is 13.1. The van der Waals surface area contributed by atoms with Gasteiger partial charge in [0.25, 0.3) is 5.91 Å². The zero-order chi connectivity index (χ0) is 15.8. The van der Waals surface area contributed by atoms with Gasteiger partial charge in [-0.2, -0.15) is 0 Å². The van der Waals surface area contributed by atoms with Crippen molar-refractivity contribution in [3.8, 4) is 17.2 Å². The molecule has 0 aliphatic rings. The van der Waals surface area contributed by atoms with Crippen LogP contribution in [0.4, 0.5) is 0 Å². The first-order valence-corrected chi connectivity index (χ1v) is 7.72. The molecule has 6 heteroatoms. The Kier molecular flexibility index (Phi) is 5.97. The third kappa shape index (κ3) is 5.57. The molecule has 2 aromatic rings. The van der Waals surface area contributed by atoms with Gasteiger partial charge in [-0.05, 0) is 48.5 Å². The molecule has 116 valence electrons. The normalized spacial score (nSPS) is 10.2. The van der Waals surface area contributed by atoms with Crippen LogP contribution in [-0.2, 0) is 4.79 Å². The number of phenols is 2. The molecular weight excluding hydrogens is 302 g/mol. The Labute approximate surface area is 132 Å². The summed E-state index contributed by atoms with van der Waals surface area (Å²) < 4.78 is 5.29. The molecule has 2 rings (SSSR count). The van der Waals surface area contributed by atoms with Gasteiger partial charge in [0.1, 0.15) is 17.2 Å². The zero-order valence-electron chi connectivity index (χ0n) is 11.9. The molecule has 0 fully saturated rings. The van der Waals surface area contributed by atoms with Gasteiger partial charge in [-0.15, -0.1) is 11.8 Å². The summed E-state index contributed by atoms with van der Waals surface area (Å²) in [4.78, 5) is 12.6. The number of hydrogen-bond donors (Lipinski definition) is 3. The van der Waals surface area contributed by atoms with E-state index >= 15 is 0 Å². The van der Waals surface area contributed by atoms with E-state index in [1.54, 1.807) is 36.0 Å². The lowest BCUT2D eigenvalue weighted by Crippen LogP contribution is -2.30. The second-order valence-electron chi connectivity index (χ2n) is 4.47. The average molecular weight is 319 g/mol. The summed E-state index contributed by atoms with van der Waals surface area (Å²) in [6.45, 7) is 0.470. The van der Waals surface area contributed by atoms with Gasteiger partial charge in [0.15, 0.2) is 6.61 Å². The van der Waals surface area contributed by atoms with Crippen LogP contribution in [-0.4, -0.2) is 35.0 Å². The summed E-state index contributed by atoms with van der Waals surface area (Å²) in [5.41, 5.74) is 0. The molecule has 0 heterocycles. The number of thioether (sulfide) groups is 1. The van der Waals surface area contributed by atoms with E-state index in [2.05, 4.69) is 5.32 Å². The summed E-state index contributed by atoms with van der Waals surface area (Å²) in [5.74, 6) is 1.47. The highest BCUT2D eigenvalue weighted by Crippen LogP contribution is 2.20. The number of benzene rings is 2. The Bertz CT molecular complexity index is 599. The van der Waals surface area contributed by atoms with Gasteiger partial charge in [0.2, 0.25) is 0 Å². The predicted molar refractivity (Wildman–Crippen MR) is 85.4 cm³/mol. The summed E-state index contributed by atoms with van der Waals surface area (Å²) in [6.07, 6.45) is 0. The lowest BCUT2D eigenvalue weighted by molar-refractivity contribution is -0.122. The van der Waals surface area contributed by atoms with Gasteiger partial charge in [-0.1, -0.05) is 0 Å². The zero-order valence-corrected chi connectivity index (χ0v) is 12.7. The molecule has 0 saturated carbocycles. The number of carbonyl (C=O) groups excluding carboxylic acids is 1. The van der Waals surface area contributed by atoms with Gasteiger partial charge < -0.3 is 20.3 Å². The van der Waals surface area contributed by atoms with Crippen molar-refractivity contribution in [1.82, 2.24) is 5.32 Å². The molecule has 0 bridgehead atoms. The van der Waals surface area contributed by atoms with Crippen molar-refractivity contribution in [3.05, 3.63) is 48.5 Å². The summed E-state index contributed by atoms with van der Waals surface area (Å²) >= 11 is 1.59. The maximum absolute atomic E-state index is 11.6. The number of nitrogens with one attached hydrogen (secondary N) is 1. The molecule has 0 spiro atoms. The van der Waals surface area contributed by atoms with E-state index in [0.717, 1.165) is 10.6 Å². The molecule has 2 aromatic carbocycles. The standard InChI is InChI=1S/C16H17NO4S/c18-12-1-5-14(6-2-12)21-11-16(20)17-9-10-22-15-7-3-13(19)4-8-15/h1-8,18-19H,9-11H2,(H,17,20). The predicted octanol–water partition coefficient (Wildman–Crippen LogP) is 2.39. The van der Waals surface area contributed by atoms with Crippen molar-refractivity contribution in [2.24, 2.45) is 0 Å². The minimum Gasteiger partial charge on any atom is -0.508 e. The van der Waals surface area contributed by atoms with E-state index in [4.69, 9.17) is 9.84 Å². The molecule has 0 atom stereocenters. The fourth-order valence-electron chi connectivity index (χ4n) is 1.64. The van der Waals surface area contributed by atoms with E-state index in [1.165, 1.54) is 12.1 Å². The highest BCUT2D eigenvalue weighted by molar-refractivity contribution is 7.99. The molecule has 1 amide bonds. The molecule has 5 nitrogen and oxygen atoms in total. The topological polar surface area (TPSA) is 78.8 Å². The maximum Gasteiger partial charge on any atom is 0.257 e. The van der Waals surface area contributed by atoms with Gasteiger partial charge >= 0.3 is 0 Å². The van der Waals surface area contributed by atoms with E-state index < -0.39 is 0 Å². The van der Waals surface area contributed by atoms with E-state index in [0.29, 0.717) is 12.3 Å². The summed E-state index contributed by atoms with van der Waals surface area (Å²) in [5, 5.41) is 21.1. The molecule has 0 aliphatic heterocycles. The minimum absolute atomic E-state index is 0.0609. The van der Waals surface area contributed by atoms with Crippen molar-refractivity contribution >= 4 is 17.7 Å². The fourth-order valence-corrected chi connectivity index (χ4v) is 2.41. The van der Waals surface area contributed by atoms with E-state index in [-0.39, 0.29) is 24.0 Å². The molecule has 0 unspecified atom stereocenters. The molecule has 3 N–H and O–H groups in total.